The zero-order valence-electron chi connectivity index (χ0n) is 10.2. The molecule has 17 heavy (non-hydrogen) atoms. The molecule has 2 N–H and O–H groups in total. The monoisotopic (exact) mass is 348 g/mol. The van der Waals surface area contributed by atoms with Crippen LogP contribution in [0.25, 0.3) is 0 Å². The van der Waals surface area contributed by atoms with Gasteiger partial charge in [-0.3, -0.25) is 0 Å². The number of halogens is 2. The van der Waals surface area contributed by atoms with Crippen LogP contribution in [0.4, 0.5) is 15.8 Å². The van der Waals surface area contributed by atoms with Gasteiger partial charge in [-0.2, -0.15) is 0 Å². The van der Waals surface area contributed by atoms with Gasteiger partial charge in [0.2, 0.25) is 0 Å². The van der Waals surface area contributed by atoms with Crippen molar-refractivity contribution in [1.82, 2.24) is 0 Å². The fourth-order valence-corrected chi connectivity index (χ4v) is 2.92. The third-order valence-corrected chi connectivity index (χ3v) is 4.32. The first-order valence-corrected chi connectivity index (χ1v) is 7.08. The molecule has 1 aliphatic rings. The number of nitrogens with zero attached hydrogens (tertiary/aromatic N) is 1. The van der Waals surface area contributed by atoms with Crippen molar-refractivity contribution in [3.63, 3.8) is 0 Å². The molecule has 0 radical (unpaired) electrons. The molecule has 1 heterocycles. The summed E-state index contributed by atoms with van der Waals surface area (Å²) in [6.07, 6.45) is 2.39. The molecule has 0 saturated carbocycles. The van der Waals surface area contributed by atoms with Gasteiger partial charge < -0.3 is 10.6 Å². The van der Waals surface area contributed by atoms with E-state index >= 15 is 0 Å². The van der Waals surface area contributed by atoms with E-state index < -0.39 is 0 Å². The number of nitrogens with two attached hydrogens (primary N) is 1. The smallest absolute Gasteiger partial charge is 0.138 e. The molecule has 2 atom stereocenters. The van der Waals surface area contributed by atoms with E-state index in [1.54, 1.807) is 12.1 Å². The predicted molar refractivity (Wildman–Crippen MR) is 78.7 cm³/mol. The van der Waals surface area contributed by atoms with E-state index in [2.05, 4.69) is 18.7 Å². The van der Waals surface area contributed by atoms with Gasteiger partial charge in [-0.15, -0.1) is 0 Å². The van der Waals surface area contributed by atoms with Crippen LogP contribution in [0.15, 0.2) is 12.1 Å². The third-order valence-electron chi connectivity index (χ3n) is 3.50. The van der Waals surface area contributed by atoms with Gasteiger partial charge in [-0.25, -0.2) is 4.39 Å². The van der Waals surface area contributed by atoms with E-state index in [0.717, 1.165) is 18.7 Å². The maximum absolute atomic E-state index is 13.6. The summed E-state index contributed by atoms with van der Waals surface area (Å²) in [5, 5.41) is 0. The Morgan fingerprint density at radius 3 is 2.76 bits per heavy atom. The van der Waals surface area contributed by atoms with E-state index in [-0.39, 0.29) is 5.82 Å². The molecule has 1 fully saturated rings. The first-order chi connectivity index (χ1) is 7.99. The van der Waals surface area contributed by atoms with Crippen LogP contribution in [0.1, 0.15) is 26.7 Å². The Labute approximate surface area is 116 Å². The van der Waals surface area contributed by atoms with Crippen LogP contribution >= 0.6 is 22.6 Å². The zero-order chi connectivity index (χ0) is 12.6. The minimum atomic E-state index is -0.180. The zero-order valence-corrected chi connectivity index (χ0v) is 12.4. The molecule has 2 rings (SSSR count). The number of hydrogen-bond donors (Lipinski definition) is 1. The van der Waals surface area contributed by atoms with Crippen LogP contribution in [0.3, 0.4) is 0 Å². The Balaban J connectivity index is 2.35. The molecule has 1 aromatic rings. The Hall–Kier alpha value is -0.520. The summed E-state index contributed by atoms with van der Waals surface area (Å²) in [5.41, 5.74) is 7.54. The summed E-state index contributed by atoms with van der Waals surface area (Å²) in [7, 11) is 0. The number of anilines is 2. The summed E-state index contributed by atoms with van der Waals surface area (Å²) in [6, 6.07) is 3.73. The summed E-state index contributed by atoms with van der Waals surface area (Å²) < 4.78 is 14.2. The first-order valence-electron chi connectivity index (χ1n) is 6.00. The van der Waals surface area contributed by atoms with Crippen LogP contribution in [-0.2, 0) is 0 Å². The average molecular weight is 348 g/mol. The van der Waals surface area contributed by atoms with Crippen LogP contribution < -0.4 is 10.6 Å². The molecular weight excluding hydrogens is 330 g/mol. The van der Waals surface area contributed by atoms with Gasteiger partial charge >= 0.3 is 0 Å². The van der Waals surface area contributed by atoms with Crippen molar-refractivity contribution in [2.75, 3.05) is 17.2 Å². The van der Waals surface area contributed by atoms with Crippen molar-refractivity contribution in [3.05, 3.63) is 21.5 Å². The van der Waals surface area contributed by atoms with Gasteiger partial charge in [-0.1, -0.05) is 6.92 Å². The van der Waals surface area contributed by atoms with E-state index in [1.807, 2.05) is 22.6 Å². The molecule has 4 heteroatoms. The number of rotatable bonds is 1. The third kappa shape index (κ3) is 2.67. The number of hydrogen-bond acceptors (Lipinski definition) is 2. The van der Waals surface area contributed by atoms with Crippen LogP contribution in [0.2, 0.25) is 0 Å². The highest BCUT2D eigenvalue weighted by atomic mass is 127. The molecule has 2 unspecified atom stereocenters. The lowest BCUT2D eigenvalue weighted by Crippen LogP contribution is -2.41. The Morgan fingerprint density at radius 1 is 1.35 bits per heavy atom. The van der Waals surface area contributed by atoms with Gasteiger partial charge in [-0.05, 0) is 54.3 Å². The number of nitrogen functional groups attached to an aromatic ring is 1. The van der Waals surface area contributed by atoms with Gasteiger partial charge in [0, 0.05) is 18.7 Å². The second-order valence-electron chi connectivity index (χ2n) is 5.01. The quantitative estimate of drug-likeness (QED) is 0.620. The van der Waals surface area contributed by atoms with Crippen LogP contribution in [0, 0.1) is 15.3 Å². The second-order valence-corrected chi connectivity index (χ2v) is 6.17. The van der Waals surface area contributed by atoms with Crippen molar-refractivity contribution in [1.29, 1.82) is 0 Å². The van der Waals surface area contributed by atoms with Gasteiger partial charge in [0.15, 0.2) is 0 Å². The van der Waals surface area contributed by atoms with Crippen molar-refractivity contribution in [2.24, 2.45) is 5.92 Å². The summed E-state index contributed by atoms with van der Waals surface area (Å²) >= 11 is 1.97. The molecule has 1 aliphatic heterocycles. The highest BCUT2D eigenvalue weighted by molar-refractivity contribution is 14.1. The highest BCUT2D eigenvalue weighted by Crippen LogP contribution is 2.33. The Kier molecular flexibility index (Phi) is 3.80. The van der Waals surface area contributed by atoms with Crippen LogP contribution in [-0.4, -0.2) is 12.6 Å². The van der Waals surface area contributed by atoms with E-state index in [4.69, 9.17) is 5.73 Å². The van der Waals surface area contributed by atoms with E-state index in [0.29, 0.717) is 21.2 Å². The minimum absolute atomic E-state index is 0.180. The summed E-state index contributed by atoms with van der Waals surface area (Å²) in [6.45, 7) is 5.38. The molecule has 2 nitrogen and oxygen atoms in total. The van der Waals surface area contributed by atoms with Crippen molar-refractivity contribution < 1.29 is 4.39 Å². The number of piperidine rings is 1. The SMILES string of the molecule is CC1CCC(C)N(c2cc(F)c(I)cc2N)C1. The van der Waals surface area contributed by atoms with Crippen molar-refractivity contribution >= 4 is 34.0 Å². The van der Waals surface area contributed by atoms with Gasteiger partial charge in [0.05, 0.1) is 14.9 Å². The average Bonchev–Trinajstić information content (AvgIpc) is 2.27. The molecule has 0 aromatic heterocycles. The van der Waals surface area contributed by atoms with Gasteiger partial charge in [0.1, 0.15) is 5.82 Å². The molecule has 1 aromatic carbocycles. The first kappa shape index (κ1) is 12.9. The van der Waals surface area contributed by atoms with Crippen molar-refractivity contribution in [2.45, 2.75) is 32.7 Å². The normalized spacial score (nSPS) is 25.1. The molecule has 0 spiro atoms. The molecule has 94 valence electrons. The standard InChI is InChI=1S/C13H18FIN2/c1-8-3-4-9(2)17(7-8)13-5-10(14)11(15)6-12(13)16/h5-6,8-9H,3-4,7,16H2,1-2H3. The summed E-state index contributed by atoms with van der Waals surface area (Å²) in [5.74, 6) is 0.466. The summed E-state index contributed by atoms with van der Waals surface area (Å²) in [4.78, 5) is 2.24. The topological polar surface area (TPSA) is 29.3 Å². The van der Waals surface area contributed by atoms with Crippen molar-refractivity contribution in [3.8, 4) is 0 Å². The van der Waals surface area contributed by atoms with E-state index in [9.17, 15) is 4.39 Å². The maximum atomic E-state index is 13.6. The minimum Gasteiger partial charge on any atom is -0.397 e. The molecular formula is C13H18FIN2. The predicted octanol–water partition coefficient (Wildman–Crippen LogP) is 3.64. The van der Waals surface area contributed by atoms with E-state index in [1.165, 1.54) is 6.42 Å². The molecule has 0 amide bonds. The Morgan fingerprint density at radius 2 is 2.06 bits per heavy atom. The maximum Gasteiger partial charge on any atom is 0.138 e. The van der Waals surface area contributed by atoms with Crippen LogP contribution in [0.5, 0.6) is 0 Å². The molecule has 0 bridgehead atoms. The molecule has 0 aliphatic carbocycles. The lowest BCUT2D eigenvalue weighted by atomic mass is 9.94. The second kappa shape index (κ2) is 5.00. The lowest BCUT2D eigenvalue weighted by Gasteiger charge is -2.39. The largest absolute Gasteiger partial charge is 0.397 e. The highest BCUT2D eigenvalue weighted by Gasteiger charge is 2.25. The number of benzene rings is 1. The Bertz CT molecular complexity index is 422. The fraction of sp³-hybridized carbons (Fsp3) is 0.538. The lowest BCUT2D eigenvalue weighted by molar-refractivity contribution is 0.390. The molecule has 1 saturated heterocycles. The fourth-order valence-electron chi connectivity index (χ4n) is 2.42. The van der Waals surface area contributed by atoms with Gasteiger partial charge in [0.25, 0.3) is 0 Å².